The summed E-state index contributed by atoms with van der Waals surface area (Å²) in [7, 11) is 3.53. The number of halogens is 1. The first-order valence-electron chi connectivity index (χ1n) is 4.56. The number of anilines is 1. The summed E-state index contributed by atoms with van der Waals surface area (Å²) >= 11 is 2.07. The molecule has 2 rings (SSSR count). The molecule has 2 aromatic rings. The molecule has 0 spiro atoms. The molecule has 0 aliphatic heterocycles. The van der Waals surface area contributed by atoms with Crippen molar-refractivity contribution in [3.63, 3.8) is 0 Å². The van der Waals surface area contributed by atoms with Crippen LogP contribution < -0.4 is 5.32 Å². The fourth-order valence-electron chi connectivity index (χ4n) is 1.32. The fourth-order valence-corrected chi connectivity index (χ4v) is 2.04. The van der Waals surface area contributed by atoms with Gasteiger partial charge in [0.05, 0.1) is 9.77 Å². The third-order valence-corrected chi connectivity index (χ3v) is 2.85. The first-order chi connectivity index (χ1) is 7.58. The summed E-state index contributed by atoms with van der Waals surface area (Å²) in [6.07, 6.45) is 3.41. The molecule has 16 heavy (non-hydrogen) atoms. The van der Waals surface area contributed by atoms with Crippen LogP contribution in [0.5, 0.6) is 0 Å². The van der Waals surface area contributed by atoms with E-state index in [1.165, 1.54) is 0 Å². The lowest BCUT2D eigenvalue weighted by Gasteiger charge is -2.02. The summed E-state index contributed by atoms with van der Waals surface area (Å²) in [4.78, 5) is 11.9. The largest absolute Gasteiger partial charge is 0.304 e. The third-order valence-electron chi connectivity index (χ3n) is 2.06. The Bertz CT molecular complexity index is 510. The van der Waals surface area contributed by atoms with E-state index in [1.807, 2.05) is 0 Å². The Kier molecular flexibility index (Phi) is 2.95. The van der Waals surface area contributed by atoms with Crippen molar-refractivity contribution < 1.29 is 4.79 Å². The van der Waals surface area contributed by atoms with Gasteiger partial charge < -0.3 is 5.32 Å². The zero-order valence-electron chi connectivity index (χ0n) is 8.81. The highest BCUT2D eigenvalue weighted by atomic mass is 127. The highest BCUT2D eigenvalue weighted by Crippen LogP contribution is 2.12. The average molecular weight is 331 g/mol. The first-order valence-corrected chi connectivity index (χ1v) is 5.64. The van der Waals surface area contributed by atoms with E-state index in [-0.39, 0.29) is 5.91 Å². The Hall–Kier alpha value is -1.38. The van der Waals surface area contributed by atoms with Crippen LogP contribution in [0.15, 0.2) is 18.5 Å². The maximum Gasteiger partial charge on any atom is 0.276 e. The molecular formula is C9H10IN5O. The van der Waals surface area contributed by atoms with Crippen LogP contribution in [0.3, 0.4) is 0 Å². The summed E-state index contributed by atoms with van der Waals surface area (Å²) in [6.45, 7) is 0. The van der Waals surface area contributed by atoms with Crippen LogP contribution in [-0.4, -0.2) is 25.5 Å². The molecule has 0 bridgehead atoms. The van der Waals surface area contributed by atoms with Crippen molar-refractivity contribution in [2.24, 2.45) is 14.1 Å². The number of nitrogens with zero attached hydrogens (tertiary/aromatic N) is 4. The number of carbonyl (C=O) groups excluding carboxylic acids is 1. The van der Waals surface area contributed by atoms with Gasteiger partial charge in [-0.15, -0.1) is 0 Å². The standard InChI is InChI=1S/C9H10IN5O/c1-14-4-3-7(13-14)12-9(16)8-6(10)5-11-15(8)2/h3-5H,1-2H3,(H,12,13,16). The Morgan fingerprint density at radius 3 is 2.75 bits per heavy atom. The summed E-state index contributed by atoms with van der Waals surface area (Å²) in [5.41, 5.74) is 0.534. The number of carbonyl (C=O) groups is 1. The molecule has 0 aromatic carbocycles. The van der Waals surface area contributed by atoms with E-state index >= 15 is 0 Å². The molecule has 0 aliphatic rings. The number of rotatable bonds is 2. The van der Waals surface area contributed by atoms with Crippen LogP contribution >= 0.6 is 22.6 Å². The predicted octanol–water partition coefficient (Wildman–Crippen LogP) is 1.01. The highest BCUT2D eigenvalue weighted by molar-refractivity contribution is 14.1. The molecule has 0 saturated heterocycles. The quantitative estimate of drug-likeness (QED) is 0.836. The Morgan fingerprint density at radius 1 is 1.50 bits per heavy atom. The molecule has 0 aliphatic carbocycles. The number of aryl methyl sites for hydroxylation is 2. The number of hydrogen-bond donors (Lipinski definition) is 1. The zero-order valence-corrected chi connectivity index (χ0v) is 11.0. The van der Waals surface area contributed by atoms with E-state index < -0.39 is 0 Å². The van der Waals surface area contributed by atoms with Crippen LogP contribution in [0.2, 0.25) is 0 Å². The van der Waals surface area contributed by atoms with Crippen molar-refractivity contribution in [3.8, 4) is 0 Å². The Morgan fingerprint density at radius 2 is 2.25 bits per heavy atom. The molecule has 0 unspecified atom stereocenters. The molecule has 0 radical (unpaired) electrons. The van der Waals surface area contributed by atoms with Crippen molar-refractivity contribution in [3.05, 3.63) is 27.7 Å². The minimum atomic E-state index is -0.205. The van der Waals surface area contributed by atoms with E-state index in [0.29, 0.717) is 11.5 Å². The van der Waals surface area contributed by atoms with Crippen molar-refractivity contribution in [1.82, 2.24) is 19.6 Å². The molecule has 2 heterocycles. The molecule has 6 nitrogen and oxygen atoms in total. The Balaban J connectivity index is 2.21. The van der Waals surface area contributed by atoms with Gasteiger partial charge in [0.1, 0.15) is 5.69 Å². The van der Waals surface area contributed by atoms with E-state index in [0.717, 1.165) is 3.57 Å². The second-order valence-corrected chi connectivity index (χ2v) is 4.46. The Labute approximate surface area is 106 Å². The molecule has 7 heteroatoms. The second-order valence-electron chi connectivity index (χ2n) is 3.29. The maximum absolute atomic E-state index is 11.9. The van der Waals surface area contributed by atoms with Gasteiger partial charge in [0, 0.05) is 26.4 Å². The van der Waals surface area contributed by atoms with E-state index in [9.17, 15) is 4.79 Å². The van der Waals surface area contributed by atoms with E-state index in [4.69, 9.17) is 0 Å². The molecule has 0 atom stereocenters. The second kappa shape index (κ2) is 4.24. The number of aromatic nitrogens is 4. The monoisotopic (exact) mass is 331 g/mol. The fraction of sp³-hybridized carbons (Fsp3) is 0.222. The molecule has 1 amide bonds. The van der Waals surface area contributed by atoms with Crippen LogP contribution in [0.25, 0.3) is 0 Å². The van der Waals surface area contributed by atoms with Gasteiger partial charge in [0.25, 0.3) is 5.91 Å². The van der Waals surface area contributed by atoms with Crippen LogP contribution in [0, 0.1) is 3.57 Å². The van der Waals surface area contributed by atoms with Gasteiger partial charge in [-0.05, 0) is 22.6 Å². The number of nitrogens with one attached hydrogen (secondary N) is 1. The molecule has 0 fully saturated rings. The van der Waals surface area contributed by atoms with Crippen molar-refractivity contribution in [1.29, 1.82) is 0 Å². The average Bonchev–Trinajstić information content (AvgIpc) is 2.74. The minimum Gasteiger partial charge on any atom is -0.304 e. The lowest BCUT2D eigenvalue weighted by atomic mass is 10.4. The van der Waals surface area contributed by atoms with Gasteiger partial charge in [-0.1, -0.05) is 0 Å². The molecule has 84 valence electrons. The van der Waals surface area contributed by atoms with E-state index in [1.54, 1.807) is 41.9 Å². The molecular weight excluding hydrogens is 321 g/mol. The van der Waals surface area contributed by atoms with Crippen LogP contribution in [0.1, 0.15) is 10.5 Å². The lowest BCUT2D eigenvalue weighted by Crippen LogP contribution is -2.17. The van der Waals surface area contributed by atoms with Gasteiger partial charge in [-0.3, -0.25) is 14.2 Å². The maximum atomic E-state index is 11.9. The third kappa shape index (κ3) is 2.08. The SMILES string of the molecule is Cn1ccc(NC(=O)c2c(I)cnn2C)n1. The highest BCUT2D eigenvalue weighted by Gasteiger charge is 2.15. The molecule has 2 aromatic heterocycles. The van der Waals surface area contributed by atoms with E-state index in [2.05, 4.69) is 38.1 Å². The van der Waals surface area contributed by atoms with Crippen LogP contribution in [-0.2, 0) is 14.1 Å². The normalized spacial score (nSPS) is 10.4. The smallest absolute Gasteiger partial charge is 0.276 e. The number of amides is 1. The van der Waals surface area contributed by atoms with Gasteiger partial charge in [0.2, 0.25) is 0 Å². The summed E-state index contributed by atoms with van der Waals surface area (Å²) < 4.78 is 3.98. The van der Waals surface area contributed by atoms with Crippen molar-refractivity contribution >= 4 is 34.3 Å². The van der Waals surface area contributed by atoms with Gasteiger partial charge in [-0.25, -0.2) is 0 Å². The van der Waals surface area contributed by atoms with Gasteiger partial charge in [0.15, 0.2) is 5.82 Å². The number of hydrogen-bond acceptors (Lipinski definition) is 3. The summed E-state index contributed by atoms with van der Waals surface area (Å²) in [6, 6.07) is 1.74. The predicted molar refractivity (Wildman–Crippen MR) is 67.1 cm³/mol. The first kappa shape index (κ1) is 11.1. The minimum absolute atomic E-state index is 0.205. The summed E-state index contributed by atoms with van der Waals surface area (Å²) in [5.74, 6) is 0.326. The van der Waals surface area contributed by atoms with Crippen LogP contribution in [0.4, 0.5) is 5.82 Å². The van der Waals surface area contributed by atoms with Crippen molar-refractivity contribution in [2.45, 2.75) is 0 Å². The summed E-state index contributed by atoms with van der Waals surface area (Å²) in [5, 5.41) is 10.8. The lowest BCUT2D eigenvalue weighted by molar-refractivity contribution is 0.101. The van der Waals surface area contributed by atoms with Gasteiger partial charge in [-0.2, -0.15) is 10.2 Å². The zero-order chi connectivity index (χ0) is 11.7. The van der Waals surface area contributed by atoms with Crippen molar-refractivity contribution in [2.75, 3.05) is 5.32 Å². The molecule has 1 N–H and O–H groups in total. The van der Waals surface area contributed by atoms with Gasteiger partial charge >= 0.3 is 0 Å². The topological polar surface area (TPSA) is 64.7 Å². The molecule has 0 saturated carbocycles.